The lowest BCUT2D eigenvalue weighted by Gasteiger charge is -2.14. The van der Waals surface area contributed by atoms with Crippen LogP contribution in [0.15, 0.2) is 46.7 Å². The van der Waals surface area contributed by atoms with Crippen LogP contribution in [0.2, 0.25) is 0 Å². The number of hydrogen-bond acceptors (Lipinski definition) is 4. The molecule has 0 aromatic heterocycles. The minimum absolute atomic E-state index is 0.0646. The summed E-state index contributed by atoms with van der Waals surface area (Å²) in [5.41, 5.74) is -0.477. The van der Waals surface area contributed by atoms with Gasteiger partial charge in [-0.1, -0.05) is 28.5 Å². The van der Waals surface area contributed by atoms with E-state index in [1.165, 1.54) is 14.0 Å². The van der Waals surface area contributed by atoms with Crippen molar-refractivity contribution in [3.8, 4) is 0 Å². The molecule has 168 valence electrons. The highest BCUT2D eigenvalue weighted by Crippen LogP contribution is 2.36. The fraction of sp³-hybridized carbons (Fsp3) is 0.333. The fourth-order valence-electron chi connectivity index (χ4n) is 2.83. The van der Waals surface area contributed by atoms with Gasteiger partial charge in [0, 0.05) is 16.7 Å². The van der Waals surface area contributed by atoms with Gasteiger partial charge in [0.15, 0.2) is 0 Å². The average molecular weight is 446 g/mol. The summed E-state index contributed by atoms with van der Waals surface area (Å²) in [4.78, 5) is 10.0. The van der Waals surface area contributed by atoms with E-state index >= 15 is 0 Å². The van der Waals surface area contributed by atoms with Crippen LogP contribution in [0.1, 0.15) is 47.2 Å². The van der Waals surface area contributed by atoms with Crippen molar-refractivity contribution in [1.29, 1.82) is 0 Å². The molecule has 2 rings (SSSR count). The monoisotopic (exact) mass is 446 g/mol. The number of oxime groups is 2. The fourth-order valence-corrected chi connectivity index (χ4v) is 2.83. The van der Waals surface area contributed by atoms with Crippen molar-refractivity contribution in [1.82, 2.24) is 0 Å². The smallest absolute Gasteiger partial charge is 0.399 e. The highest BCUT2D eigenvalue weighted by molar-refractivity contribution is 6.00. The van der Waals surface area contributed by atoms with Gasteiger partial charge in [-0.05, 0) is 44.5 Å². The molecule has 0 fully saturated rings. The lowest BCUT2D eigenvalue weighted by molar-refractivity contribution is -0.143. The molecule has 0 amide bonds. The molecule has 4 nitrogen and oxygen atoms in total. The molecule has 0 saturated heterocycles. The zero-order valence-corrected chi connectivity index (χ0v) is 17.1. The molecular formula is C21H20F6N2O2. The molecule has 0 N–H and O–H groups in total. The van der Waals surface area contributed by atoms with E-state index in [1.807, 2.05) is 13.0 Å². The molecule has 0 saturated carbocycles. The van der Waals surface area contributed by atoms with E-state index in [4.69, 9.17) is 9.68 Å². The van der Waals surface area contributed by atoms with Crippen molar-refractivity contribution in [3.05, 3.63) is 69.8 Å². The zero-order valence-electron chi connectivity index (χ0n) is 17.1. The Morgan fingerprint density at radius 1 is 0.871 bits per heavy atom. The molecule has 0 aliphatic carbocycles. The molecule has 0 bridgehead atoms. The minimum atomic E-state index is -4.94. The van der Waals surface area contributed by atoms with E-state index in [0.717, 1.165) is 5.56 Å². The van der Waals surface area contributed by atoms with Crippen molar-refractivity contribution in [3.63, 3.8) is 0 Å². The lowest BCUT2D eigenvalue weighted by Crippen LogP contribution is -2.13. The van der Waals surface area contributed by atoms with Gasteiger partial charge in [-0.2, -0.15) is 26.3 Å². The summed E-state index contributed by atoms with van der Waals surface area (Å²) in [5.74, 6) is 0. The standard InChI is InChI=1S/C21H20F6N2O2/c1-12-6-5-7-18(14(3)28-30-4)19(12)11-31-29-13(2)15-8-16(20(22,23)24)10-17(9-15)21(25,26)27/h5-10H,11H2,1-4H3/b28-14-,29-13+. The Morgan fingerprint density at radius 3 is 1.97 bits per heavy atom. The van der Waals surface area contributed by atoms with E-state index in [2.05, 4.69) is 10.3 Å². The third kappa shape index (κ3) is 6.22. The van der Waals surface area contributed by atoms with Crippen molar-refractivity contribution in [2.24, 2.45) is 10.3 Å². The van der Waals surface area contributed by atoms with Crippen LogP contribution in [0.5, 0.6) is 0 Å². The maximum atomic E-state index is 13.0. The van der Waals surface area contributed by atoms with Crippen LogP contribution in [-0.4, -0.2) is 18.5 Å². The zero-order chi connectivity index (χ0) is 23.4. The van der Waals surface area contributed by atoms with E-state index in [0.29, 0.717) is 29.0 Å². The number of nitrogens with zero attached hydrogens (tertiary/aromatic N) is 2. The Balaban J connectivity index is 2.35. The first-order valence-corrected chi connectivity index (χ1v) is 8.97. The SMILES string of the molecule is CO/N=C(/C)c1cccc(C)c1CO/N=C(\C)c1cc(C(F)(F)F)cc(C(F)(F)F)c1. The van der Waals surface area contributed by atoms with E-state index in [9.17, 15) is 26.3 Å². The molecule has 10 heteroatoms. The van der Waals surface area contributed by atoms with Crippen molar-refractivity contribution in [2.75, 3.05) is 7.11 Å². The maximum absolute atomic E-state index is 13.0. The summed E-state index contributed by atoms with van der Waals surface area (Å²) >= 11 is 0. The van der Waals surface area contributed by atoms with Gasteiger partial charge < -0.3 is 9.68 Å². The van der Waals surface area contributed by atoms with Crippen LogP contribution >= 0.6 is 0 Å². The van der Waals surface area contributed by atoms with Crippen molar-refractivity contribution >= 4 is 11.4 Å². The topological polar surface area (TPSA) is 43.2 Å². The number of rotatable bonds is 6. The van der Waals surface area contributed by atoms with Crippen LogP contribution in [0.3, 0.4) is 0 Å². The van der Waals surface area contributed by atoms with Crippen LogP contribution in [0, 0.1) is 6.92 Å². The number of hydrogen-bond donors (Lipinski definition) is 0. The highest BCUT2D eigenvalue weighted by Gasteiger charge is 2.37. The van der Waals surface area contributed by atoms with Crippen LogP contribution in [0.25, 0.3) is 0 Å². The average Bonchev–Trinajstić information content (AvgIpc) is 2.67. The molecule has 0 unspecified atom stereocenters. The maximum Gasteiger partial charge on any atom is 0.416 e. The number of halogens is 6. The molecule has 0 aliphatic heterocycles. The second-order valence-corrected chi connectivity index (χ2v) is 6.70. The molecular weight excluding hydrogens is 426 g/mol. The second kappa shape index (κ2) is 9.40. The van der Waals surface area contributed by atoms with Gasteiger partial charge in [-0.3, -0.25) is 0 Å². The largest absolute Gasteiger partial charge is 0.416 e. The second-order valence-electron chi connectivity index (χ2n) is 6.70. The summed E-state index contributed by atoms with van der Waals surface area (Å²) in [5, 5.41) is 7.60. The third-order valence-electron chi connectivity index (χ3n) is 4.44. The van der Waals surface area contributed by atoms with Crippen LogP contribution < -0.4 is 0 Å². The Kier molecular flexibility index (Phi) is 7.35. The number of aryl methyl sites for hydroxylation is 1. The van der Waals surface area contributed by atoms with Gasteiger partial charge >= 0.3 is 12.4 Å². The summed E-state index contributed by atoms with van der Waals surface area (Å²) < 4.78 is 78.2. The number of alkyl halides is 6. The van der Waals surface area contributed by atoms with E-state index < -0.39 is 23.5 Å². The molecule has 2 aromatic rings. The quantitative estimate of drug-likeness (QED) is 0.295. The summed E-state index contributed by atoms with van der Waals surface area (Å²) in [7, 11) is 1.40. The van der Waals surface area contributed by atoms with Gasteiger partial charge in [0.05, 0.1) is 22.6 Å². The first-order chi connectivity index (χ1) is 14.3. The molecule has 0 spiro atoms. The first-order valence-electron chi connectivity index (χ1n) is 8.97. The molecule has 0 aliphatic rings. The summed E-state index contributed by atoms with van der Waals surface area (Å²) in [6.07, 6.45) is -9.88. The lowest BCUT2D eigenvalue weighted by atomic mass is 10.00. The van der Waals surface area contributed by atoms with Crippen LogP contribution in [-0.2, 0) is 28.6 Å². The van der Waals surface area contributed by atoms with Gasteiger partial charge in [0.1, 0.15) is 13.7 Å². The van der Waals surface area contributed by atoms with Crippen molar-refractivity contribution in [2.45, 2.75) is 39.7 Å². The predicted octanol–water partition coefficient (Wildman–Crippen LogP) is 6.34. The van der Waals surface area contributed by atoms with E-state index in [-0.39, 0.29) is 23.9 Å². The summed E-state index contributed by atoms with van der Waals surface area (Å²) in [6, 6.07) is 6.68. The first kappa shape index (κ1) is 24.2. The Hall–Kier alpha value is -3.04. The van der Waals surface area contributed by atoms with Crippen LogP contribution in [0.4, 0.5) is 26.3 Å². The highest BCUT2D eigenvalue weighted by atomic mass is 19.4. The van der Waals surface area contributed by atoms with Gasteiger partial charge in [-0.15, -0.1) is 0 Å². The summed E-state index contributed by atoms with van der Waals surface area (Å²) in [6.45, 7) is 4.74. The third-order valence-corrected chi connectivity index (χ3v) is 4.44. The Morgan fingerprint density at radius 2 is 1.45 bits per heavy atom. The molecule has 0 atom stereocenters. The normalized spacial score (nSPS) is 13.4. The minimum Gasteiger partial charge on any atom is -0.399 e. The molecule has 0 heterocycles. The number of benzene rings is 2. The molecule has 0 radical (unpaired) electrons. The molecule has 2 aromatic carbocycles. The van der Waals surface area contributed by atoms with E-state index in [1.54, 1.807) is 19.1 Å². The molecule has 31 heavy (non-hydrogen) atoms. The Labute approximate surface area is 175 Å². The van der Waals surface area contributed by atoms with Gasteiger partial charge in [0.2, 0.25) is 0 Å². The van der Waals surface area contributed by atoms with Crippen molar-refractivity contribution < 1.29 is 36.0 Å². The predicted molar refractivity (Wildman–Crippen MR) is 104 cm³/mol. The van der Waals surface area contributed by atoms with Gasteiger partial charge in [0.25, 0.3) is 0 Å². The van der Waals surface area contributed by atoms with Gasteiger partial charge in [-0.25, -0.2) is 0 Å². The Bertz CT molecular complexity index is 962.